The zero-order chi connectivity index (χ0) is 11.5. The summed E-state index contributed by atoms with van der Waals surface area (Å²) < 4.78 is 0. The number of nitrogens with one attached hydrogen (secondary N) is 1. The Morgan fingerprint density at radius 3 is 2.13 bits per heavy atom. The fraction of sp³-hybridized carbons (Fsp3) is 1.00. The van der Waals surface area contributed by atoms with Gasteiger partial charge in [-0.05, 0) is 19.8 Å². The second-order valence-corrected chi connectivity index (χ2v) is 4.50. The Morgan fingerprint density at radius 2 is 1.60 bits per heavy atom. The number of hydrogen-bond donors (Lipinski definition) is 2. The first-order chi connectivity index (χ1) is 7.20. The number of hydrogen-bond acceptors (Lipinski definition) is 2. The maximum Gasteiger partial charge on any atom is 0.102 e. The molecule has 0 aliphatic heterocycles. The topological polar surface area (TPSA) is 32.3 Å². The molecule has 2 N–H and O–H groups in total. The van der Waals surface area contributed by atoms with E-state index in [1.165, 1.54) is 44.9 Å². The predicted octanol–water partition coefficient (Wildman–Crippen LogP) is 3.44. The van der Waals surface area contributed by atoms with E-state index in [-0.39, 0.29) is 6.23 Å². The van der Waals surface area contributed by atoms with Crippen molar-refractivity contribution < 1.29 is 5.11 Å². The Kier molecular flexibility index (Phi) is 10.4. The van der Waals surface area contributed by atoms with E-state index < -0.39 is 0 Å². The Labute approximate surface area is 95.5 Å². The van der Waals surface area contributed by atoms with E-state index in [0.29, 0.717) is 6.04 Å². The van der Waals surface area contributed by atoms with Crippen LogP contribution in [-0.4, -0.2) is 17.4 Å². The summed E-state index contributed by atoms with van der Waals surface area (Å²) in [6.45, 7) is 6.22. The molecule has 2 nitrogen and oxygen atoms in total. The molecular formula is C13H29NO. The first-order valence-corrected chi connectivity index (χ1v) is 6.64. The quantitative estimate of drug-likeness (QED) is 0.432. The average Bonchev–Trinajstić information content (AvgIpc) is 2.20. The number of rotatable bonds is 10. The molecule has 0 heterocycles. The largest absolute Gasteiger partial charge is 0.379 e. The molecule has 0 amide bonds. The predicted molar refractivity (Wildman–Crippen MR) is 66.9 cm³/mol. The first-order valence-electron chi connectivity index (χ1n) is 6.64. The van der Waals surface area contributed by atoms with Crippen molar-refractivity contribution in [2.45, 2.75) is 84.4 Å². The molecule has 2 heteroatoms. The van der Waals surface area contributed by atoms with Gasteiger partial charge >= 0.3 is 0 Å². The molecule has 0 bridgehead atoms. The summed E-state index contributed by atoms with van der Waals surface area (Å²) in [5.41, 5.74) is 0. The summed E-state index contributed by atoms with van der Waals surface area (Å²) >= 11 is 0. The molecule has 15 heavy (non-hydrogen) atoms. The van der Waals surface area contributed by atoms with E-state index in [0.717, 1.165) is 6.42 Å². The van der Waals surface area contributed by atoms with E-state index in [4.69, 9.17) is 0 Å². The van der Waals surface area contributed by atoms with Crippen LogP contribution >= 0.6 is 0 Å². The van der Waals surface area contributed by atoms with Crippen LogP contribution in [0.1, 0.15) is 72.1 Å². The lowest BCUT2D eigenvalue weighted by Gasteiger charge is -2.18. The maximum absolute atomic E-state index is 9.22. The molecule has 0 saturated carbocycles. The average molecular weight is 215 g/mol. The van der Waals surface area contributed by atoms with Gasteiger partial charge in [-0.3, -0.25) is 5.32 Å². The van der Waals surface area contributed by atoms with Crippen molar-refractivity contribution in [1.29, 1.82) is 0 Å². The molecule has 0 rings (SSSR count). The monoisotopic (exact) mass is 215 g/mol. The Hall–Kier alpha value is -0.0800. The molecule has 0 saturated heterocycles. The molecule has 0 aliphatic rings. The fourth-order valence-electron chi connectivity index (χ4n) is 1.92. The number of aliphatic hydroxyl groups excluding tert-OH is 1. The summed E-state index contributed by atoms with van der Waals surface area (Å²) in [5.74, 6) is 0. The third kappa shape index (κ3) is 10.2. The van der Waals surface area contributed by atoms with Crippen LogP contribution in [0.15, 0.2) is 0 Å². The van der Waals surface area contributed by atoms with Crippen molar-refractivity contribution in [3.05, 3.63) is 0 Å². The number of aliphatic hydroxyl groups is 1. The molecule has 0 aromatic heterocycles. The lowest BCUT2D eigenvalue weighted by molar-refractivity contribution is 0.136. The Balaban J connectivity index is 3.30. The molecular weight excluding hydrogens is 186 g/mol. The molecule has 0 aromatic rings. The molecule has 0 aromatic carbocycles. The lowest BCUT2D eigenvalue weighted by atomic mass is 10.0. The lowest BCUT2D eigenvalue weighted by Crippen LogP contribution is -2.35. The Bertz CT molecular complexity index is 126. The summed E-state index contributed by atoms with van der Waals surface area (Å²) in [6, 6.07) is 0.496. The van der Waals surface area contributed by atoms with E-state index in [1.807, 2.05) is 0 Å². The van der Waals surface area contributed by atoms with Gasteiger partial charge in [0.15, 0.2) is 0 Å². The standard InChI is InChI=1S/C13H29NO/c1-4-6-7-8-9-10-11-13(5-2)14-12(3)15/h12-15H,4-11H2,1-3H3. The third-order valence-corrected chi connectivity index (χ3v) is 2.88. The van der Waals surface area contributed by atoms with E-state index in [9.17, 15) is 5.11 Å². The summed E-state index contributed by atoms with van der Waals surface area (Å²) in [5, 5.41) is 12.4. The summed E-state index contributed by atoms with van der Waals surface area (Å²) in [4.78, 5) is 0. The van der Waals surface area contributed by atoms with Gasteiger partial charge in [-0.2, -0.15) is 0 Å². The second-order valence-electron chi connectivity index (χ2n) is 4.50. The van der Waals surface area contributed by atoms with Gasteiger partial charge in [0.25, 0.3) is 0 Å². The van der Waals surface area contributed by atoms with Crippen LogP contribution in [0, 0.1) is 0 Å². The van der Waals surface area contributed by atoms with Crippen molar-refractivity contribution in [3.63, 3.8) is 0 Å². The minimum Gasteiger partial charge on any atom is -0.379 e. The van der Waals surface area contributed by atoms with Gasteiger partial charge in [-0.25, -0.2) is 0 Å². The SMILES string of the molecule is CCCCCCCCC(CC)NC(C)O. The highest BCUT2D eigenvalue weighted by molar-refractivity contribution is 4.65. The summed E-state index contributed by atoms with van der Waals surface area (Å²) in [7, 11) is 0. The van der Waals surface area contributed by atoms with Crippen molar-refractivity contribution in [2.24, 2.45) is 0 Å². The smallest absolute Gasteiger partial charge is 0.102 e. The van der Waals surface area contributed by atoms with Gasteiger partial charge in [-0.15, -0.1) is 0 Å². The van der Waals surface area contributed by atoms with E-state index in [2.05, 4.69) is 19.2 Å². The minimum absolute atomic E-state index is 0.366. The second kappa shape index (κ2) is 10.4. The van der Waals surface area contributed by atoms with Gasteiger partial charge in [-0.1, -0.05) is 52.4 Å². The normalized spacial score (nSPS) is 15.2. The van der Waals surface area contributed by atoms with Crippen LogP contribution in [0.2, 0.25) is 0 Å². The highest BCUT2D eigenvalue weighted by Gasteiger charge is 2.07. The van der Waals surface area contributed by atoms with Crippen LogP contribution in [-0.2, 0) is 0 Å². The fourth-order valence-corrected chi connectivity index (χ4v) is 1.92. The molecule has 2 unspecified atom stereocenters. The molecule has 92 valence electrons. The summed E-state index contributed by atoms with van der Waals surface area (Å²) in [6.07, 6.45) is 10.0. The van der Waals surface area contributed by atoms with Crippen molar-refractivity contribution in [2.75, 3.05) is 0 Å². The van der Waals surface area contributed by atoms with Gasteiger partial charge in [0.05, 0.1) is 0 Å². The van der Waals surface area contributed by atoms with Crippen LogP contribution in [0.5, 0.6) is 0 Å². The van der Waals surface area contributed by atoms with Gasteiger partial charge in [0.1, 0.15) is 6.23 Å². The van der Waals surface area contributed by atoms with Crippen molar-refractivity contribution in [3.8, 4) is 0 Å². The molecule has 0 spiro atoms. The Morgan fingerprint density at radius 1 is 1.00 bits per heavy atom. The highest BCUT2D eigenvalue weighted by Crippen LogP contribution is 2.10. The molecule has 0 radical (unpaired) electrons. The van der Waals surface area contributed by atoms with Crippen molar-refractivity contribution in [1.82, 2.24) is 5.32 Å². The van der Waals surface area contributed by atoms with Crippen LogP contribution in [0.3, 0.4) is 0 Å². The maximum atomic E-state index is 9.22. The van der Waals surface area contributed by atoms with E-state index >= 15 is 0 Å². The molecule has 0 fully saturated rings. The van der Waals surface area contributed by atoms with Gasteiger partial charge < -0.3 is 5.11 Å². The highest BCUT2D eigenvalue weighted by atomic mass is 16.3. The molecule has 0 aliphatic carbocycles. The van der Waals surface area contributed by atoms with Crippen molar-refractivity contribution >= 4 is 0 Å². The zero-order valence-electron chi connectivity index (χ0n) is 10.8. The van der Waals surface area contributed by atoms with E-state index in [1.54, 1.807) is 6.92 Å². The van der Waals surface area contributed by atoms with Gasteiger partial charge in [0, 0.05) is 6.04 Å². The zero-order valence-corrected chi connectivity index (χ0v) is 10.8. The van der Waals surface area contributed by atoms with Crippen LogP contribution in [0.4, 0.5) is 0 Å². The van der Waals surface area contributed by atoms with Crippen LogP contribution in [0.25, 0.3) is 0 Å². The first kappa shape index (κ1) is 14.9. The molecule has 2 atom stereocenters. The minimum atomic E-state index is -0.366. The third-order valence-electron chi connectivity index (χ3n) is 2.88. The van der Waals surface area contributed by atoms with Crippen LogP contribution < -0.4 is 5.32 Å². The number of unbranched alkanes of at least 4 members (excludes halogenated alkanes) is 5. The van der Waals surface area contributed by atoms with Gasteiger partial charge in [0.2, 0.25) is 0 Å².